The summed E-state index contributed by atoms with van der Waals surface area (Å²) in [5.74, 6) is -2.75. The van der Waals surface area contributed by atoms with Gasteiger partial charge in [-0.25, -0.2) is 22.9 Å². The molecule has 178 valence electrons. The van der Waals surface area contributed by atoms with Crippen LogP contribution in [0.3, 0.4) is 0 Å². The van der Waals surface area contributed by atoms with E-state index in [0.29, 0.717) is 30.9 Å². The number of ether oxygens (including phenoxy) is 2. The number of rotatable bonds is 6. The zero-order valence-corrected chi connectivity index (χ0v) is 18.6. The summed E-state index contributed by atoms with van der Waals surface area (Å²) in [5.41, 5.74) is 1.25. The normalized spacial score (nSPS) is 20.6. The highest BCUT2D eigenvalue weighted by Gasteiger charge is 2.40. The van der Waals surface area contributed by atoms with Gasteiger partial charge >= 0.3 is 6.09 Å². The maximum atomic E-state index is 15.1. The second-order valence-electron chi connectivity index (χ2n) is 8.40. The molecule has 3 heterocycles. The van der Waals surface area contributed by atoms with Gasteiger partial charge in [0.15, 0.2) is 11.6 Å². The first-order valence-electron chi connectivity index (χ1n) is 10.9. The number of pyridine rings is 1. The fourth-order valence-electron chi connectivity index (χ4n) is 4.19. The highest BCUT2D eigenvalue weighted by Crippen LogP contribution is 2.35. The van der Waals surface area contributed by atoms with Crippen LogP contribution in [0, 0.1) is 5.82 Å². The Labute approximate surface area is 190 Å². The SMILES string of the molecule is COC(=O)N[C@@H](C)c1ccc(O[C@@H]2CCN(c3ccnc(N4CCC(F)(F)C4)c3F)C2)cc1. The molecule has 2 saturated heterocycles. The molecule has 0 radical (unpaired) electrons. The fourth-order valence-corrected chi connectivity index (χ4v) is 4.19. The van der Waals surface area contributed by atoms with E-state index in [4.69, 9.17) is 4.74 Å². The number of halogens is 3. The molecule has 10 heteroatoms. The zero-order chi connectivity index (χ0) is 23.6. The average Bonchev–Trinajstić information content (AvgIpc) is 3.40. The second-order valence-corrected chi connectivity index (χ2v) is 8.40. The van der Waals surface area contributed by atoms with E-state index in [2.05, 4.69) is 15.0 Å². The van der Waals surface area contributed by atoms with Crippen LogP contribution in [0.25, 0.3) is 0 Å². The number of amides is 1. The largest absolute Gasteiger partial charge is 0.489 e. The molecule has 2 fully saturated rings. The van der Waals surface area contributed by atoms with Crippen molar-refractivity contribution in [2.24, 2.45) is 0 Å². The molecule has 0 saturated carbocycles. The van der Waals surface area contributed by atoms with Crippen molar-refractivity contribution >= 4 is 17.6 Å². The van der Waals surface area contributed by atoms with Gasteiger partial charge in [0.2, 0.25) is 0 Å². The molecule has 1 aromatic heterocycles. The van der Waals surface area contributed by atoms with E-state index in [-0.39, 0.29) is 30.9 Å². The van der Waals surface area contributed by atoms with E-state index in [0.717, 1.165) is 5.56 Å². The third-order valence-corrected chi connectivity index (χ3v) is 6.01. The lowest BCUT2D eigenvalue weighted by atomic mass is 10.1. The number of hydrogen-bond donors (Lipinski definition) is 1. The topological polar surface area (TPSA) is 66.9 Å². The maximum absolute atomic E-state index is 15.1. The van der Waals surface area contributed by atoms with Crippen molar-refractivity contribution in [3.63, 3.8) is 0 Å². The van der Waals surface area contributed by atoms with Gasteiger partial charge in [0, 0.05) is 32.1 Å². The number of nitrogens with zero attached hydrogens (tertiary/aromatic N) is 3. The summed E-state index contributed by atoms with van der Waals surface area (Å²) in [6.45, 7) is 2.46. The van der Waals surface area contributed by atoms with Crippen LogP contribution in [0.1, 0.15) is 31.4 Å². The molecule has 2 aliphatic rings. The van der Waals surface area contributed by atoms with E-state index in [9.17, 15) is 13.6 Å². The number of aromatic nitrogens is 1. The number of carbonyl (C=O) groups excluding carboxylic acids is 1. The first-order valence-corrected chi connectivity index (χ1v) is 10.9. The van der Waals surface area contributed by atoms with Gasteiger partial charge < -0.3 is 24.6 Å². The molecule has 1 amide bonds. The second kappa shape index (κ2) is 9.36. The van der Waals surface area contributed by atoms with Crippen LogP contribution in [0.5, 0.6) is 5.75 Å². The standard InChI is InChI=1S/C23H27F3N4O3/c1-15(28-22(31)32-2)16-3-5-17(6-4-16)33-18-8-11-29(13-18)19-7-10-27-21(20(19)24)30-12-9-23(25,26)14-30/h3-7,10,15,18H,8-9,11-14H2,1-2H3,(H,28,31)/t15-,18+/m0/s1. The smallest absolute Gasteiger partial charge is 0.407 e. The number of anilines is 2. The highest BCUT2D eigenvalue weighted by atomic mass is 19.3. The van der Waals surface area contributed by atoms with E-state index >= 15 is 4.39 Å². The van der Waals surface area contributed by atoms with Crippen molar-refractivity contribution in [1.29, 1.82) is 0 Å². The van der Waals surface area contributed by atoms with Gasteiger partial charge in [0.05, 0.1) is 31.9 Å². The van der Waals surface area contributed by atoms with Gasteiger partial charge in [0.1, 0.15) is 11.9 Å². The number of methoxy groups -OCH3 is 1. The molecular weight excluding hydrogens is 437 g/mol. The predicted molar refractivity (Wildman–Crippen MR) is 118 cm³/mol. The minimum absolute atomic E-state index is 0.0284. The fraction of sp³-hybridized carbons (Fsp3) is 0.478. The van der Waals surface area contributed by atoms with Crippen molar-refractivity contribution < 1.29 is 27.4 Å². The summed E-state index contributed by atoms with van der Waals surface area (Å²) in [7, 11) is 1.31. The first-order chi connectivity index (χ1) is 15.8. The Morgan fingerprint density at radius 2 is 1.97 bits per heavy atom. The summed E-state index contributed by atoms with van der Waals surface area (Å²) in [5, 5.41) is 2.70. The summed E-state index contributed by atoms with van der Waals surface area (Å²) in [4.78, 5) is 18.5. The van der Waals surface area contributed by atoms with Crippen LogP contribution in [0.2, 0.25) is 0 Å². The Morgan fingerprint density at radius 1 is 1.21 bits per heavy atom. The lowest BCUT2D eigenvalue weighted by molar-refractivity contribution is 0.0256. The van der Waals surface area contributed by atoms with Gasteiger partial charge in [-0.1, -0.05) is 12.1 Å². The van der Waals surface area contributed by atoms with Crippen LogP contribution < -0.4 is 19.9 Å². The summed E-state index contributed by atoms with van der Waals surface area (Å²) in [6, 6.07) is 8.73. The van der Waals surface area contributed by atoms with Crippen molar-refractivity contribution in [1.82, 2.24) is 10.3 Å². The summed E-state index contributed by atoms with van der Waals surface area (Å²) < 4.78 is 53.0. The molecule has 0 aliphatic carbocycles. The minimum Gasteiger partial charge on any atom is -0.489 e. The Kier molecular flexibility index (Phi) is 6.53. The Morgan fingerprint density at radius 3 is 2.64 bits per heavy atom. The van der Waals surface area contributed by atoms with Crippen LogP contribution >= 0.6 is 0 Å². The molecule has 33 heavy (non-hydrogen) atoms. The molecule has 0 bridgehead atoms. The maximum Gasteiger partial charge on any atom is 0.407 e. The number of benzene rings is 1. The monoisotopic (exact) mass is 464 g/mol. The summed E-state index contributed by atoms with van der Waals surface area (Å²) >= 11 is 0. The van der Waals surface area contributed by atoms with E-state index < -0.39 is 24.4 Å². The van der Waals surface area contributed by atoms with Crippen molar-refractivity contribution in [3.8, 4) is 5.75 Å². The minimum atomic E-state index is -2.82. The van der Waals surface area contributed by atoms with Gasteiger partial charge in [-0.3, -0.25) is 0 Å². The first kappa shape index (κ1) is 23.0. The lowest BCUT2D eigenvalue weighted by Crippen LogP contribution is -2.29. The highest BCUT2D eigenvalue weighted by molar-refractivity contribution is 5.67. The molecule has 2 aromatic rings. The van der Waals surface area contributed by atoms with Crippen LogP contribution in [-0.2, 0) is 4.74 Å². The molecule has 4 rings (SSSR count). The average molecular weight is 464 g/mol. The molecule has 2 atom stereocenters. The number of hydrogen-bond acceptors (Lipinski definition) is 6. The Bertz CT molecular complexity index is 989. The van der Waals surface area contributed by atoms with Gasteiger partial charge in [0.25, 0.3) is 5.92 Å². The lowest BCUT2D eigenvalue weighted by Gasteiger charge is -2.23. The van der Waals surface area contributed by atoms with Crippen LogP contribution in [-0.4, -0.2) is 56.4 Å². The molecule has 0 spiro atoms. The van der Waals surface area contributed by atoms with E-state index in [1.165, 1.54) is 18.2 Å². The number of alkyl halides is 2. The van der Waals surface area contributed by atoms with Crippen molar-refractivity contribution in [3.05, 3.63) is 47.9 Å². The molecule has 1 N–H and O–H groups in total. The van der Waals surface area contributed by atoms with Crippen LogP contribution in [0.4, 0.5) is 29.5 Å². The molecule has 1 aromatic carbocycles. The van der Waals surface area contributed by atoms with Gasteiger partial charge in [-0.05, 0) is 30.7 Å². The summed E-state index contributed by atoms with van der Waals surface area (Å²) in [6.07, 6.45) is 1.21. The Hall–Kier alpha value is -3.17. The van der Waals surface area contributed by atoms with E-state index in [1.54, 1.807) is 6.07 Å². The van der Waals surface area contributed by atoms with Crippen molar-refractivity contribution in [2.45, 2.75) is 37.8 Å². The third kappa shape index (κ3) is 5.26. The predicted octanol–water partition coefficient (Wildman–Crippen LogP) is 4.14. The number of alkyl carbamates (subject to hydrolysis) is 1. The quantitative estimate of drug-likeness (QED) is 0.693. The molecule has 2 aliphatic heterocycles. The molecule has 7 nitrogen and oxygen atoms in total. The third-order valence-electron chi connectivity index (χ3n) is 6.01. The van der Waals surface area contributed by atoms with E-state index in [1.807, 2.05) is 36.1 Å². The van der Waals surface area contributed by atoms with Crippen LogP contribution in [0.15, 0.2) is 36.5 Å². The van der Waals surface area contributed by atoms with Gasteiger partial charge in [-0.2, -0.15) is 0 Å². The number of carbonyl (C=O) groups is 1. The Balaban J connectivity index is 1.37. The zero-order valence-electron chi connectivity index (χ0n) is 18.6. The molecule has 0 unspecified atom stereocenters. The number of nitrogens with one attached hydrogen (secondary N) is 1. The molecular formula is C23H27F3N4O3. The van der Waals surface area contributed by atoms with Crippen molar-refractivity contribution in [2.75, 3.05) is 43.1 Å². The van der Waals surface area contributed by atoms with Gasteiger partial charge in [-0.15, -0.1) is 0 Å².